The minimum Gasteiger partial charge on any atom is -0.383 e. The average Bonchev–Trinajstić information content (AvgIpc) is 2.66. The molecular formula is C20H28N4O3. The molecule has 7 heteroatoms. The molecule has 0 saturated carbocycles. The summed E-state index contributed by atoms with van der Waals surface area (Å²) in [6.45, 7) is 6.42. The molecule has 1 amide bonds. The number of hydrogen-bond acceptors (Lipinski definition) is 4. The Bertz CT molecular complexity index is 900. The van der Waals surface area contributed by atoms with Crippen LogP contribution in [0.15, 0.2) is 39.9 Å². The Morgan fingerprint density at radius 3 is 2.26 bits per heavy atom. The Morgan fingerprint density at radius 1 is 1.07 bits per heavy atom. The smallest absolute Gasteiger partial charge is 0.332 e. The molecule has 0 bridgehead atoms. The second-order valence-electron chi connectivity index (χ2n) is 6.72. The molecule has 1 unspecified atom stereocenters. The van der Waals surface area contributed by atoms with Crippen molar-refractivity contribution in [2.75, 3.05) is 11.1 Å². The number of carbonyl (C=O) groups excluding carboxylic acids is 1. The monoisotopic (exact) mass is 372 g/mol. The van der Waals surface area contributed by atoms with E-state index < -0.39 is 11.2 Å². The number of carbonyl (C=O) groups is 1. The Hall–Kier alpha value is -2.83. The van der Waals surface area contributed by atoms with Crippen molar-refractivity contribution in [2.24, 2.45) is 0 Å². The van der Waals surface area contributed by atoms with E-state index in [4.69, 9.17) is 5.73 Å². The Labute approximate surface area is 158 Å². The number of benzene rings is 1. The highest BCUT2D eigenvalue weighted by Crippen LogP contribution is 2.20. The van der Waals surface area contributed by atoms with E-state index in [9.17, 15) is 14.4 Å². The fourth-order valence-corrected chi connectivity index (χ4v) is 3.06. The summed E-state index contributed by atoms with van der Waals surface area (Å²) in [7, 11) is 0. The van der Waals surface area contributed by atoms with Gasteiger partial charge in [-0.05, 0) is 24.3 Å². The van der Waals surface area contributed by atoms with Crippen LogP contribution in [0.3, 0.4) is 0 Å². The van der Waals surface area contributed by atoms with Crippen LogP contribution in [0.5, 0.6) is 0 Å². The number of nitrogens with one attached hydrogen (secondary N) is 1. The van der Waals surface area contributed by atoms with E-state index in [1.807, 2.05) is 51.1 Å². The van der Waals surface area contributed by atoms with Crippen LogP contribution in [-0.4, -0.2) is 15.0 Å². The van der Waals surface area contributed by atoms with Crippen LogP contribution in [-0.2, 0) is 17.9 Å². The lowest BCUT2D eigenvalue weighted by Gasteiger charge is -2.17. The Balaban J connectivity index is 2.33. The van der Waals surface area contributed by atoms with E-state index in [1.54, 1.807) is 0 Å². The molecule has 0 spiro atoms. The van der Waals surface area contributed by atoms with Gasteiger partial charge in [-0.25, -0.2) is 4.79 Å². The molecule has 0 aliphatic heterocycles. The van der Waals surface area contributed by atoms with Crippen molar-refractivity contribution >= 4 is 17.4 Å². The predicted molar refractivity (Wildman–Crippen MR) is 108 cm³/mol. The topological polar surface area (TPSA) is 99.1 Å². The van der Waals surface area contributed by atoms with Crippen molar-refractivity contribution in [1.29, 1.82) is 0 Å². The highest BCUT2D eigenvalue weighted by molar-refractivity contribution is 5.93. The van der Waals surface area contributed by atoms with E-state index in [2.05, 4.69) is 5.32 Å². The summed E-state index contributed by atoms with van der Waals surface area (Å²) in [5.74, 6) is -0.299. The summed E-state index contributed by atoms with van der Waals surface area (Å²) in [5, 5.41) is 2.65. The highest BCUT2D eigenvalue weighted by atomic mass is 16.2. The molecule has 27 heavy (non-hydrogen) atoms. The van der Waals surface area contributed by atoms with Crippen LogP contribution >= 0.6 is 0 Å². The van der Waals surface area contributed by atoms with Gasteiger partial charge in [-0.1, -0.05) is 51.1 Å². The van der Waals surface area contributed by atoms with Crippen molar-refractivity contribution in [3.05, 3.63) is 56.7 Å². The lowest BCUT2D eigenvalue weighted by Crippen LogP contribution is -2.43. The van der Waals surface area contributed by atoms with Gasteiger partial charge in [-0.15, -0.1) is 0 Å². The molecule has 1 aromatic heterocycles. The first-order valence-corrected chi connectivity index (χ1v) is 9.38. The molecule has 0 fully saturated rings. The van der Waals surface area contributed by atoms with Gasteiger partial charge in [0.15, 0.2) is 0 Å². The van der Waals surface area contributed by atoms with Crippen LogP contribution in [0, 0.1) is 0 Å². The summed E-state index contributed by atoms with van der Waals surface area (Å²) >= 11 is 0. The number of nitrogens with zero attached hydrogens (tertiary/aromatic N) is 2. The second-order valence-corrected chi connectivity index (χ2v) is 6.72. The average molecular weight is 372 g/mol. The van der Waals surface area contributed by atoms with Crippen LogP contribution in [0.2, 0.25) is 0 Å². The summed E-state index contributed by atoms with van der Waals surface area (Å²) in [5.41, 5.74) is 6.11. The molecule has 0 radical (unpaired) electrons. The van der Waals surface area contributed by atoms with Crippen molar-refractivity contribution in [2.45, 2.75) is 59.0 Å². The zero-order valence-corrected chi connectivity index (χ0v) is 16.2. The zero-order chi connectivity index (χ0) is 20.0. The molecule has 0 saturated heterocycles. The first-order valence-electron chi connectivity index (χ1n) is 9.38. The van der Waals surface area contributed by atoms with Crippen LogP contribution in [0.25, 0.3) is 0 Å². The Morgan fingerprint density at radius 2 is 1.67 bits per heavy atom. The van der Waals surface area contributed by atoms with Crippen molar-refractivity contribution < 1.29 is 4.79 Å². The van der Waals surface area contributed by atoms with Crippen molar-refractivity contribution in [1.82, 2.24) is 9.13 Å². The number of nitrogen functional groups attached to an aromatic ring is 1. The number of rotatable bonds is 8. The zero-order valence-electron chi connectivity index (χ0n) is 16.2. The van der Waals surface area contributed by atoms with E-state index in [1.165, 1.54) is 4.57 Å². The van der Waals surface area contributed by atoms with Gasteiger partial charge in [-0.3, -0.25) is 18.7 Å². The maximum atomic E-state index is 12.7. The lowest BCUT2D eigenvalue weighted by atomic mass is 9.97. The molecule has 3 N–H and O–H groups in total. The largest absolute Gasteiger partial charge is 0.383 e. The van der Waals surface area contributed by atoms with Gasteiger partial charge in [0.1, 0.15) is 11.5 Å². The summed E-state index contributed by atoms with van der Waals surface area (Å²) in [6, 6.07) is 9.69. The minimum absolute atomic E-state index is 0.00756. The highest BCUT2D eigenvalue weighted by Gasteiger charge is 2.19. The molecule has 7 nitrogen and oxygen atoms in total. The normalized spacial score (nSPS) is 12.0. The summed E-state index contributed by atoms with van der Waals surface area (Å²) in [4.78, 5) is 37.7. The number of hydrogen-bond donors (Lipinski definition) is 2. The third-order valence-corrected chi connectivity index (χ3v) is 4.49. The minimum atomic E-state index is -0.549. The fourth-order valence-electron chi connectivity index (χ4n) is 3.06. The number of nitrogens with two attached hydrogens (primary N) is 1. The van der Waals surface area contributed by atoms with Gasteiger partial charge in [0.25, 0.3) is 5.56 Å². The molecule has 1 atom stereocenters. The van der Waals surface area contributed by atoms with Gasteiger partial charge in [0.2, 0.25) is 5.91 Å². The molecule has 2 rings (SSSR count). The Kier molecular flexibility index (Phi) is 6.98. The molecule has 1 aromatic carbocycles. The van der Waals surface area contributed by atoms with Crippen LogP contribution in [0.1, 0.15) is 51.5 Å². The van der Waals surface area contributed by atoms with Crippen LogP contribution < -0.4 is 22.3 Å². The molecule has 0 aliphatic carbocycles. The van der Waals surface area contributed by atoms with E-state index in [-0.39, 0.29) is 36.3 Å². The van der Waals surface area contributed by atoms with E-state index >= 15 is 0 Å². The van der Waals surface area contributed by atoms with Crippen LogP contribution in [0.4, 0.5) is 11.5 Å². The van der Waals surface area contributed by atoms with Crippen molar-refractivity contribution in [3.8, 4) is 0 Å². The SMILES string of the molecule is CCCn1c(N)c(NC(=O)CC(C)c2ccccc2)c(=O)n(CCC)c1=O. The van der Waals surface area contributed by atoms with E-state index in [0.29, 0.717) is 19.4 Å². The van der Waals surface area contributed by atoms with Gasteiger partial charge < -0.3 is 11.1 Å². The summed E-state index contributed by atoms with van der Waals surface area (Å²) < 4.78 is 2.50. The maximum Gasteiger partial charge on any atom is 0.332 e. The molecule has 2 aromatic rings. The predicted octanol–water partition coefficient (Wildman–Crippen LogP) is 2.54. The molecule has 1 heterocycles. The molecule has 0 aliphatic rings. The quantitative estimate of drug-likeness (QED) is 0.744. The lowest BCUT2D eigenvalue weighted by molar-refractivity contribution is -0.116. The number of aromatic nitrogens is 2. The third kappa shape index (κ3) is 4.67. The van der Waals surface area contributed by atoms with Gasteiger partial charge in [0, 0.05) is 19.5 Å². The first kappa shape index (κ1) is 20.5. The van der Waals surface area contributed by atoms with E-state index in [0.717, 1.165) is 10.1 Å². The fraction of sp³-hybridized carbons (Fsp3) is 0.450. The number of amides is 1. The molecule has 146 valence electrons. The van der Waals surface area contributed by atoms with Crippen molar-refractivity contribution in [3.63, 3.8) is 0 Å². The standard InChI is InChI=1S/C20H28N4O3/c1-4-11-23-18(21)17(19(26)24(12-5-2)20(23)27)22-16(25)13-14(3)15-9-7-6-8-10-15/h6-10,14H,4-5,11-13,21H2,1-3H3,(H,22,25). The second kappa shape index (κ2) is 9.21. The first-order chi connectivity index (χ1) is 12.9. The maximum absolute atomic E-state index is 12.7. The molecular weight excluding hydrogens is 344 g/mol. The van der Waals surface area contributed by atoms with Gasteiger partial charge in [0.05, 0.1) is 0 Å². The number of anilines is 2. The van der Waals surface area contributed by atoms with Gasteiger partial charge in [-0.2, -0.15) is 0 Å². The van der Waals surface area contributed by atoms with Gasteiger partial charge >= 0.3 is 5.69 Å². The third-order valence-electron chi connectivity index (χ3n) is 4.49. The summed E-state index contributed by atoms with van der Waals surface area (Å²) in [6.07, 6.45) is 1.53.